The van der Waals surface area contributed by atoms with Crippen LogP contribution in [0.3, 0.4) is 0 Å². The molecule has 0 radical (unpaired) electrons. The van der Waals surface area contributed by atoms with Gasteiger partial charge in [0, 0.05) is 18.7 Å². The van der Waals surface area contributed by atoms with E-state index in [-0.39, 0.29) is 5.78 Å². The van der Waals surface area contributed by atoms with Gasteiger partial charge in [0.2, 0.25) is 0 Å². The lowest BCUT2D eigenvalue weighted by Gasteiger charge is -1.96. The van der Waals surface area contributed by atoms with E-state index in [0.717, 1.165) is 0 Å². The van der Waals surface area contributed by atoms with E-state index in [0.29, 0.717) is 12.2 Å². The highest BCUT2D eigenvalue weighted by Crippen LogP contribution is 1.95. The number of hydrogen-bond acceptors (Lipinski definition) is 3. The van der Waals surface area contributed by atoms with Gasteiger partial charge >= 0.3 is 0 Å². The number of allylic oxidation sites excluding steroid dienone is 1. The number of nitrogens with zero attached hydrogens (tertiary/aromatic N) is 1. The predicted molar refractivity (Wildman–Crippen MR) is 30.4 cm³/mol. The molecule has 0 saturated heterocycles. The van der Waals surface area contributed by atoms with Gasteiger partial charge in [-0.05, 0) is 0 Å². The van der Waals surface area contributed by atoms with Gasteiger partial charge in [0.15, 0.2) is 5.78 Å². The summed E-state index contributed by atoms with van der Waals surface area (Å²) in [6.45, 7) is 0. The molecule has 1 heterocycles. The average Bonchev–Trinajstić information content (AvgIpc) is 1.64. The van der Waals surface area contributed by atoms with Crippen LogP contribution in [0.5, 0.6) is 0 Å². The second-order valence-electron chi connectivity index (χ2n) is 1.55. The second-order valence-corrected chi connectivity index (χ2v) is 1.55. The standard InChI is InChI=1S/C5H6N2O/c6-5-3-4(8)1-2-7-5/h2-3H,1,6H2. The molecule has 0 amide bonds. The fourth-order valence-corrected chi connectivity index (χ4v) is 0.502. The van der Waals surface area contributed by atoms with E-state index >= 15 is 0 Å². The zero-order chi connectivity index (χ0) is 5.98. The Kier molecular flexibility index (Phi) is 1.12. The Hall–Kier alpha value is -1.12. The first kappa shape index (κ1) is 5.03. The van der Waals surface area contributed by atoms with Crippen LogP contribution in [-0.4, -0.2) is 12.0 Å². The monoisotopic (exact) mass is 110 g/mol. The van der Waals surface area contributed by atoms with Crippen LogP contribution in [0.2, 0.25) is 0 Å². The first-order chi connectivity index (χ1) is 3.79. The molecule has 0 spiro atoms. The van der Waals surface area contributed by atoms with Crippen molar-refractivity contribution in [3.05, 3.63) is 11.9 Å². The number of hydrogen-bond donors (Lipinski definition) is 1. The minimum Gasteiger partial charge on any atom is -0.384 e. The Labute approximate surface area is 46.9 Å². The SMILES string of the molecule is NC1=CC(=O)CC=N1. The van der Waals surface area contributed by atoms with Gasteiger partial charge in [-0.1, -0.05) is 0 Å². The maximum atomic E-state index is 10.4. The van der Waals surface area contributed by atoms with Crippen molar-refractivity contribution < 1.29 is 4.79 Å². The normalized spacial score (nSPS) is 18.5. The van der Waals surface area contributed by atoms with Crippen molar-refractivity contribution in [1.82, 2.24) is 0 Å². The first-order valence-electron chi connectivity index (χ1n) is 2.31. The van der Waals surface area contributed by atoms with Gasteiger partial charge in [0.05, 0.1) is 0 Å². The molecule has 1 aliphatic rings. The van der Waals surface area contributed by atoms with Crippen molar-refractivity contribution in [3.63, 3.8) is 0 Å². The lowest BCUT2D eigenvalue weighted by atomic mass is 10.2. The molecule has 1 aliphatic heterocycles. The van der Waals surface area contributed by atoms with E-state index in [1.165, 1.54) is 12.3 Å². The number of ketones is 1. The molecule has 2 N–H and O–H groups in total. The average molecular weight is 110 g/mol. The predicted octanol–water partition coefficient (Wildman–Crippen LogP) is -0.170. The van der Waals surface area contributed by atoms with Gasteiger partial charge in [-0.25, -0.2) is 4.99 Å². The molecule has 0 atom stereocenters. The summed E-state index contributed by atoms with van der Waals surface area (Å²) in [6.07, 6.45) is 3.23. The molecule has 0 fully saturated rings. The smallest absolute Gasteiger partial charge is 0.164 e. The molecule has 0 bridgehead atoms. The molecule has 3 heteroatoms. The molecular formula is C5H6N2O. The number of carbonyl (C=O) groups excluding carboxylic acids is 1. The van der Waals surface area contributed by atoms with Crippen molar-refractivity contribution in [2.45, 2.75) is 6.42 Å². The van der Waals surface area contributed by atoms with Crippen molar-refractivity contribution in [1.29, 1.82) is 0 Å². The molecular weight excluding hydrogens is 104 g/mol. The Morgan fingerprint density at radius 3 is 2.88 bits per heavy atom. The molecule has 3 nitrogen and oxygen atoms in total. The molecule has 0 unspecified atom stereocenters. The van der Waals surface area contributed by atoms with Crippen LogP contribution in [0.4, 0.5) is 0 Å². The van der Waals surface area contributed by atoms with Crippen LogP contribution >= 0.6 is 0 Å². The fraction of sp³-hybridized carbons (Fsp3) is 0.200. The molecule has 0 saturated carbocycles. The van der Waals surface area contributed by atoms with Crippen LogP contribution in [0, 0.1) is 0 Å². The van der Waals surface area contributed by atoms with Crippen LogP contribution in [-0.2, 0) is 4.79 Å². The minimum atomic E-state index is 0.0255. The number of rotatable bonds is 0. The maximum Gasteiger partial charge on any atom is 0.164 e. The lowest BCUT2D eigenvalue weighted by molar-refractivity contribution is -0.113. The highest BCUT2D eigenvalue weighted by Gasteiger charge is 1.99. The molecule has 0 aliphatic carbocycles. The van der Waals surface area contributed by atoms with Crippen molar-refractivity contribution >= 4 is 12.0 Å². The maximum absolute atomic E-state index is 10.4. The van der Waals surface area contributed by atoms with Gasteiger partial charge in [-0.3, -0.25) is 4.79 Å². The van der Waals surface area contributed by atoms with Gasteiger partial charge < -0.3 is 5.73 Å². The summed E-state index contributed by atoms with van der Waals surface area (Å²) in [5.41, 5.74) is 5.17. The number of nitrogens with two attached hydrogens (primary N) is 1. The topological polar surface area (TPSA) is 55.5 Å². The highest BCUT2D eigenvalue weighted by molar-refractivity contribution is 6.01. The molecule has 0 aromatic rings. The van der Waals surface area contributed by atoms with Gasteiger partial charge in [-0.15, -0.1) is 0 Å². The summed E-state index contributed by atoms with van der Waals surface area (Å²) in [5.74, 6) is 0.332. The second kappa shape index (κ2) is 1.78. The Bertz CT molecular complexity index is 169. The molecule has 42 valence electrons. The number of aliphatic imine (C=N–C) groups is 1. The van der Waals surface area contributed by atoms with Crippen LogP contribution in [0.1, 0.15) is 6.42 Å². The number of carbonyl (C=O) groups is 1. The summed E-state index contributed by atoms with van der Waals surface area (Å²) in [7, 11) is 0. The van der Waals surface area contributed by atoms with Crippen LogP contribution < -0.4 is 5.73 Å². The summed E-state index contributed by atoms with van der Waals surface area (Å²) >= 11 is 0. The Balaban J connectivity index is 2.77. The van der Waals surface area contributed by atoms with E-state index in [1.54, 1.807) is 0 Å². The summed E-state index contributed by atoms with van der Waals surface area (Å²) < 4.78 is 0. The Morgan fingerprint density at radius 1 is 1.75 bits per heavy atom. The van der Waals surface area contributed by atoms with Crippen molar-refractivity contribution in [3.8, 4) is 0 Å². The molecule has 8 heavy (non-hydrogen) atoms. The third-order valence-electron chi connectivity index (χ3n) is 0.842. The molecule has 1 rings (SSSR count). The van der Waals surface area contributed by atoms with E-state index < -0.39 is 0 Å². The van der Waals surface area contributed by atoms with Crippen molar-refractivity contribution in [2.75, 3.05) is 0 Å². The highest BCUT2D eigenvalue weighted by atomic mass is 16.1. The van der Waals surface area contributed by atoms with E-state index in [4.69, 9.17) is 5.73 Å². The summed E-state index contributed by atoms with van der Waals surface area (Å²) in [6, 6.07) is 0. The van der Waals surface area contributed by atoms with Crippen LogP contribution in [0.15, 0.2) is 16.9 Å². The van der Waals surface area contributed by atoms with E-state index in [9.17, 15) is 4.79 Å². The van der Waals surface area contributed by atoms with E-state index in [2.05, 4.69) is 4.99 Å². The largest absolute Gasteiger partial charge is 0.384 e. The minimum absolute atomic E-state index is 0.0255. The first-order valence-corrected chi connectivity index (χ1v) is 2.31. The van der Waals surface area contributed by atoms with E-state index in [1.807, 2.05) is 0 Å². The third kappa shape index (κ3) is 0.932. The van der Waals surface area contributed by atoms with Crippen LogP contribution in [0.25, 0.3) is 0 Å². The quantitative estimate of drug-likeness (QED) is 0.470. The summed E-state index contributed by atoms with van der Waals surface area (Å²) in [4.78, 5) is 14.1. The third-order valence-corrected chi connectivity index (χ3v) is 0.842. The molecule has 0 aromatic carbocycles. The van der Waals surface area contributed by atoms with Gasteiger partial charge in [0.1, 0.15) is 5.82 Å². The fourth-order valence-electron chi connectivity index (χ4n) is 0.502. The van der Waals surface area contributed by atoms with Gasteiger partial charge in [-0.2, -0.15) is 0 Å². The summed E-state index contributed by atoms with van der Waals surface area (Å²) in [5, 5.41) is 0. The zero-order valence-corrected chi connectivity index (χ0v) is 4.29. The van der Waals surface area contributed by atoms with Gasteiger partial charge in [0.25, 0.3) is 0 Å². The van der Waals surface area contributed by atoms with Crippen molar-refractivity contribution in [2.24, 2.45) is 10.7 Å². The Morgan fingerprint density at radius 2 is 2.50 bits per heavy atom. The zero-order valence-electron chi connectivity index (χ0n) is 4.29. The lowest BCUT2D eigenvalue weighted by Crippen LogP contribution is -2.05. The molecule has 0 aromatic heterocycles.